The van der Waals surface area contributed by atoms with Crippen molar-refractivity contribution in [2.24, 2.45) is 5.73 Å². The van der Waals surface area contributed by atoms with Gasteiger partial charge in [-0.1, -0.05) is 12.1 Å². The molecule has 5 heteroatoms. The van der Waals surface area contributed by atoms with E-state index in [1.165, 1.54) is 12.1 Å². The van der Waals surface area contributed by atoms with Gasteiger partial charge in [-0.05, 0) is 13.0 Å². The molecule has 1 aromatic rings. The molecule has 2 N–H and O–H groups in total. The minimum atomic E-state index is -0.849. The van der Waals surface area contributed by atoms with Crippen LogP contribution in [0.2, 0.25) is 0 Å². The van der Waals surface area contributed by atoms with Crippen LogP contribution in [0.25, 0.3) is 0 Å². The smallest absolute Gasteiger partial charge is 0.163 e. The van der Waals surface area contributed by atoms with Crippen LogP contribution in [0.15, 0.2) is 18.2 Å². The lowest BCUT2D eigenvalue weighted by atomic mass is 10.1. The van der Waals surface area contributed by atoms with Gasteiger partial charge in [0.1, 0.15) is 0 Å². The summed E-state index contributed by atoms with van der Waals surface area (Å²) in [7, 11) is 0. The molecule has 0 aliphatic carbocycles. The Kier molecular flexibility index (Phi) is 4.27. The number of benzene rings is 1. The Balaban J connectivity index is 2.02. The van der Waals surface area contributed by atoms with Crippen molar-refractivity contribution < 1.29 is 13.5 Å². The third kappa shape index (κ3) is 3.04. The molecule has 2 rings (SSSR count). The zero-order chi connectivity index (χ0) is 13.1. The van der Waals surface area contributed by atoms with Crippen molar-refractivity contribution >= 4 is 0 Å². The number of ether oxygens (including phenoxy) is 1. The first-order valence-electron chi connectivity index (χ1n) is 6.11. The molecule has 2 unspecified atom stereocenters. The fourth-order valence-electron chi connectivity index (χ4n) is 2.24. The summed E-state index contributed by atoms with van der Waals surface area (Å²) in [5.74, 6) is -1.69. The first kappa shape index (κ1) is 13.4. The molecule has 1 aliphatic heterocycles. The van der Waals surface area contributed by atoms with Crippen LogP contribution in [0, 0.1) is 11.6 Å². The highest BCUT2D eigenvalue weighted by Gasteiger charge is 2.21. The van der Waals surface area contributed by atoms with Crippen LogP contribution >= 0.6 is 0 Å². The lowest BCUT2D eigenvalue weighted by Crippen LogP contribution is -2.44. The molecular weight excluding hydrogens is 238 g/mol. The van der Waals surface area contributed by atoms with Crippen molar-refractivity contribution in [3.63, 3.8) is 0 Å². The van der Waals surface area contributed by atoms with Gasteiger partial charge < -0.3 is 10.5 Å². The molecule has 0 aromatic heterocycles. The lowest BCUT2D eigenvalue weighted by molar-refractivity contribution is -0.0200. The van der Waals surface area contributed by atoms with E-state index in [-0.39, 0.29) is 11.7 Å². The summed E-state index contributed by atoms with van der Waals surface area (Å²) in [6, 6.07) is 3.59. The highest BCUT2D eigenvalue weighted by molar-refractivity contribution is 5.22. The number of nitrogens with zero attached hydrogens (tertiary/aromatic N) is 1. The summed E-state index contributed by atoms with van der Waals surface area (Å²) in [5, 5.41) is 0. The first-order chi connectivity index (χ1) is 8.58. The molecular formula is C13H18F2N2O. The quantitative estimate of drug-likeness (QED) is 0.894. The zero-order valence-electron chi connectivity index (χ0n) is 10.4. The summed E-state index contributed by atoms with van der Waals surface area (Å²) < 4.78 is 32.1. The molecule has 18 heavy (non-hydrogen) atoms. The SMILES string of the molecule is CC1CN(CC(N)c2cccc(F)c2F)CCO1. The van der Waals surface area contributed by atoms with E-state index in [4.69, 9.17) is 10.5 Å². The number of rotatable bonds is 3. The molecule has 0 bridgehead atoms. The third-order valence-corrected chi connectivity index (χ3v) is 3.16. The Labute approximate surface area is 106 Å². The predicted octanol–water partition coefficient (Wildman–Crippen LogP) is 1.69. The summed E-state index contributed by atoms with van der Waals surface area (Å²) in [6.45, 7) is 4.69. The van der Waals surface area contributed by atoms with Crippen LogP contribution < -0.4 is 5.73 Å². The number of nitrogens with two attached hydrogens (primary N) is 1. The summed E-state index contributed by atoms with van der Waals surface area (Å²) in [4.78, 5) is 2.11. The van der Waals surface area contributed by atoms with Crippen LogP contribution in [0.3, 0.4) is 0 Å². The minimum Gasteiger partial charge on any atom is -0.376 e. The maximum atomic E-state index is 13.6. The molecule has 1 fully saturated rings. The van der Waals surface area contributed by atoms with Crippen molar-refractivity contribution in [3.8, 4) is 0 Å². The van der Waals surface area contributed by atoms with Crippen molar-refractivity contribution in [2.45, 2.75) is 19.1 Å². The highest BCUT2D eigenvalue weighted by Crippen LogP contribution is 2.19. The topological polar surface area (TPSA) is 38.5 Å². The van der Waals surface area contributed by atoms with E-state index in [0.717, 1.165) is 19.2 Å². The van der Waals surface area contributed by atoms with Gasteiger partial charge in [0, 0.05) is 31.2 Å². The van der Waals surface area contributed by atoms with Crippen LogP contribution in [-0.2, 0) is 4.74 Å². The van der Waals surface area contributed by atoms with Gasteiger partial charge in [-0.3, -0.25) is 4.90 Å². The fraction of sp³-hybridized carbons (Fsp3) is 0.538. The monoisotopic (exact) mass is 256 g/mol. The van der Waals surface area contributed by atoms with Gasteiger partial charge in [0.2, 0.25) is 0 Å². The second-order valence-corrected chi connectivity index (χ2v) is 4.69. The summed E-state index contributed by atoms with van der Waals surface area (Å²) in [6.07, 6.45) is 0.156. The number of hydrogen-bond donors (Lipinski definition) is 1. The Morgan fingerprint density at radius 2 is 2.28 bits per heavy atom. The molecule has 0 radical (unpaired) electrons. The van der Waals surface area contributed by atoms with Crippen LogP contribution in [0.4, 0.5) is 8.78 Å². The molecule has 1 aromatic carbocycles. The molecule has 100 valence electrons. The van der Waals surface area contributed by atoms with Crippen molar-refractivity contribution in [1.29, 1.82) is 0 Å². The largest absolute Gasteiger partial charge is 0.376 e. The van der Waals surface area contributed by atoms with Crippen LogP contribution in [0.1, 0.15) is 18.5 Å². The third-order valence-electron chi connectivity index (χ3n) is 3.16. The number of hydrogen-bond acceptors (Lipinski definition) is 3. The molecule has 3 nitrogen and oxygen atoms in total. The van der Waals surface area contributed by atoms with Crippen molar-refractivity contribution in [2.75, 3.05) is 26.2 Å². The number of halogens is 2. The second kappa shape index (κ2) is 5.73. The molecule has 1 saturated heterocycles. The van der Waals surface area contributed by atoms with Crippen LogP contribution in [0.5, 0.6) is 0 Å². The van der Waals surface area contributed by atoms with E-state index in [1.54, 1.807) is 0 Å². The van der Waals surface area contributed by atoms with Crippen molar-refractivity contribution in [3.05, 3.63) is 35.4 Å². The highest BCUT2D eigenvalue weighted by atomic mass is 19.2. The summed E-state index contributed by atoms with van der Waals surface area (Å²) in [5.41, 5.74) is 6.18. The molecule has 2 atom stereocenters. The Bertz CT molecular complexity index is 414. The lowest BCUT2D eigenvalue weighted by Gasteiger charge is -2.32. The average Bonchev–Trinajstić information content (AvgIpc) is 2.32. The number of morpholine rings is 1. The maximum absolute atomic E-state index is 13.6. The van der Waals surface area contributed by atoms with Crippen molar-refractivity contribution in [1.82, 2.24) is 4.90 Å². The van der Waals surface area contributed by atoms with Gasteiger partial charge >= 0.3 is 0 Å². The second-order valence-electron chi connectivity index (χ2n) is 4.69. The van der Waals surface area contributed by atoms with E-state index >= 15 is 0 Å². The summed E-state index contributed by atoms with van der Waals surface area (Å²) >= 11 is 0. The van der Waals surface area contributed by atoms with Crippen LogP contribution in [-0.4, -0.2) is 37.2 Å². The molecule has 0 amide bonds. The van der Waals surface area contributed by atoms with E-state index in [2.05, 4.69) is 4.90 Å². The fourth-order valence-corrected chi connectivity index (χ4v) is 2.24. The standard InChI is InChI=1S/C13H18F2N2O/c1-9-7-17(5-6-18-9)8-12(16)10-3-2-4-11(14)13(10)15/h2-4,9,12H,5-8,16H2,1H3. The van der Waals surface area contributed by atoms with Gasteiger partial charge in [-0.25, -0.2) is 8.78 Å². The Hall–Kier alpha value is -1.04. The molecule has 0 saturated carbocycles. The van der Waals surface area contributed by atoms with E-state index in [9.17, 15) is 8.78 Å². The van der Waals surface area contributed by atoms with Gasteiger partial charge in [-0.2, -0.15) is 0 Å². The molecule has 1 aliphatic rings. The van der Waals surface area contributed by atoms with E-state index < -0.39 is 17.7 Å². The zero-order valence-corrected chi connectivity index (χ0v) is 10.4. The van der Waals surface area contributed by atoms with E-state index in [1.807, 2.05) is 6.92 Å². The average molecular weight is 256 g/mol. The molecule has 1 heterocycles. The van der Waals surface area contributed by atoms with Gasteiger partial charge in [0.15, 0.2) is 11.6 Å². The van der Waals surface area contributed by atoms with Gasteiger partial charge in [0.25, 0.3) is 0 Å². The van der Waals surface area contributed by atoms with Gasteiger partial charge in [0.05, 0.1) is 12.7 Å². The Morgan fingerprint density at radius 1 is 1.50 bits per heavy atom. The van der Waals surface area contributed by atoms with Gasteiger partial charge in [-0.15, -0.1) is 0 Å². The first-order valence-corrected chi connectivity index (χ1v) is 6.11. The predicted molar refractivity (Wildman–Crippen MR) is 65.1 cm³/mol. The molecule has 0 spiro atoms. The normalized spacial score (nSPS) is 23.0. The Morgan fingerprint density at radius 3 is 3.00 bits per heavy atom. The minimum absolute atomic E-state index is 0.156. The maximum Gasteiger partial charge on any atom is 0.163 e. The van der Waals surface area contributed by atoms with E-state index in [0.29, 0.717) is 13.2 Å².